The van der Waals surface area contributed by atoms with Gasteiger partial charge in [0.15, 0.2) is 16.5 Å². The van der Waals surface area contributed by atoms with Crippen molar-refractivity contribution in [3.05, 3.63) is 70.0 Å². The number of hydrogen-bond acceptors (Lipinski definition) is 8. The number of nitrogens with zero attached hydrogens (tertiary/aromatic N) is 2. The number of benzene rings is 1. The van der Waals surface area contributed by atoms with Crippen LogP contribution in [0.1, 0.15) is 48.9 Å². The number of aromatic nitrogens is 1. The van der Waals surface area contributed by atoms with E-state index in [0.717, 1.165) is 36.1 Å². The zero-order chi connectivity index (χ0) is 23.7. The molecule has 1 atom stereocenters. The van der Waals surface area contributed by atoms with Gasteiger partial charge in [-0.3, -0.25) is 14.5 Å². The first-order chi connectivity index (χ1) is 16.5. The highest BCUT2D eigenvalue weighted by molar-refractivity contribution is 7.21. The van der Waals surface area contributed by atoms with Crippen molar-refractivity contribution in [1.29, 1.82) is 0 Å². The van der Waals surface area contributed by atoms with Gasteiger partial charge in [0.2, 0.25) is 17.1 Å². The molecule has 3 aromatic heterocycles. The third-order valence-corrected chi connectivity index (χ3v) is 7.08. The molecule has 1 aliphatic rings. The molecule has 1 fully saturated rings. The highest BCUT2D eigenvalue weighted by atomic mass is 32.1. The highest BCUT2D eigenvalue weighted by Gasteiger charge is 2.29. The number of rotatable bonds is 7. The van der Waals surface area contributed by atoms with Gasteiger partial charge in [-0.2, -0.15) is 0 Å². The van der Waals surface area contributed by atoms with E-state index in [4.69, 9.17) is 14.6 Å². The van der Waals surface area contributed by atoms with Crippen LogP contribution in [0.3, 0.4) is 0 Å². The van der Waals surface area contributed by atoms with Crippen LogP contribution in [0.25, 0.3) is 21.0 Å². The molecule has 4 heterocycles. The minimum Gasteiger partial charge on any atom is -0.502 e. The molecule has 0 saturated carbocycles. The molecule has 9 heteroatoms. The van der Waals surface area contributed by atoms with E-state index >= 15 is 0 Å². The summed E-state index contributed by atoms with van der Waals surface area (Å²) in [7, 11) is 0. The second-order valence-electron chi connectivity index (χ2n) is 8.54. The summed E-state index contributed by atoms with van der Waals surface area (Å²) in [6.45, 7) is 2.31. The lowest BCUT2D eigenvalue weighted by atomic mass is 9.97. The topological polar surface area (TPSA) is 123 Å². The van der Waals surface area contributed by atoms with Gasteiger partial charge in [-0.25, -0.2) is 4.98 Å². The summed E-state index contributed by atoms with van der Waals surface area (Å²) in [6, 6.07) is 12.5. The van der Waals surface area contributed by atoms with E-state index in [9.17, 15) is 14.7 Å². The Balaban J connectivity index is 1.50. The van der Waals surface area contributed by atoms with Crippen LogP contribution in [0.15, 0.2) is 56.1 Å². The Morgan fingerprint density at radius 1 is 1.15 bits per heavy atom. The fourth-order valence-electron chi connectivity index (χ4n) is 4.36. The molecule has 1 aromatic carbocycles. The highest BCUT2D eigenvalue weighted by Crippen LogP contribution is 2.37. The Morgan fingerprint density at radius 3 is 2.71 bits per heavy atom. The molecule has 5 rings (SSSR count). The second-order valence-corrected chi connectivity index (χ2v) is 9.57. The molecule has 0 radical (unpaired) electrons. The Kier molecular flexibility index (Phi) is 6.21. The fourth-order valence-corrected chi connectivity index (χ4v) is 5.29. The number of piperidine rings is 1. The van der Waals surface area contributed by atoms with Crippen LogP contribution < -0.4 is 11.2 Å². The van der Waals surface area contributed by atoms with Crippen molar-refractivity contribution in [3.63, 3.8) is 0 Å². The maximum atomic E-state index is 12.6. The van der Waals surface area contributed by atoms with Crippen LogP contribution in [0.4, 0.5) is 0 Å². The SMILES string of the molecule is NC(=O)C[C@@H](c1ccc(-c2nc3ccccc3s2)o1)c1oc(CN2CCCCC2)cc(=O)c1O. The zero-order valence-electron chi connectivity index (χ0n) is 18.5. The number of likely N-dealkylation sites (tertiary alicyclic amines) is 1. The number of furan rings is 1. The molecule has 0 bridgehead atoms. The molecule has 0 spiro atoms. The Bertz CT molecular complexity index is 1350. The van der Waals surface area contributed by atoms with Gasteiger partial charge in [0.25, 0.3) is 0 Å². The maximum Gasteiger partial charge on any atom is 0.227 e. The fraction of sp³-hybridized carbons (Fsp3) is 0.320. The summed E-state index contributed by atoms with van der Waals surface area (Å²) < 4.78 is 13.1. The van der Waals surface area contributed by atoms with E-state index in [1.807, 2.05) is 24.3 Å². The Labute approximate surface area is 199 Å². The van der Waals surface area contributed by atoms with E-state index in [-0.39, 0.29) is 12.2 Å². The number of primary amides is 1. The quantitative estimate of drug-likeness (QED) is 0.407. The van der Waals surface area contributed by atoms with Crippen LogP contribution >= 0.6 is 11.3 Å². The Hall–Kier alpha value is -3.43. The van der Waals surface area contributed by atoms with Gasteiger partial charge >= 0.3 is 0 Å². The van der Waals surface area contributed by atoms with Crippen molar-refractivity contribution in [2.75, 3.05) is 13.1 Å². The molecule has 0 unspecified atom stereocenters. The molecule has 34 heavy (non-hydrogen) atoms. The third kappa shape index (κ3) is 4.62. The molecule has 1 amide bonds. The monoisotopic (exact) mass is 479 g/mol. The first-order valence-electron chi connectivity index (χ1n) is 11.3. The van der Waals surface area contributed by atoms with Gasteiger partial charge in [0.1, 0.15) is 11.5 Å². The van der Waals surface area contributed by atoms with Crippen molar-refractivity contribution in [2.45, 2.75) is 38.1 Å². The smallest absolute Gasteiger partial charge is 0.227 e. The van der Waals surface area contributed by atoms with Crippen LogP contribution in [-0.2, 0) is 11.3 Å². The standard InChI is InChI=1S/C25H25N3O5S/c26-22(30)13-16(19-8-9-20(33-19)25-27-17-6-2-3-7-21(17)34-25)24-23(31)18(29)12-15(32-24)14-28-10-4-1-5-11-28/h2-3,6-9,12,16,31H,1,4-5,10-11,13-14H2,(H2,26,30)/t16-/m0/s1. The van der Waals surface area contributed by atoms with Gasteiger partial charge in [-0.05, 0) is 50.2 Å². The van der Waals surface area contributed by atoms with Crippen LogP contribution in [0, 0.1) is 0 Å². The minimum atomic E-state index is -0.838. The van der Waals surface area contributed by atoms with Gasteiger partial charge in [0.05, 0.1) is 22.7 Å². The van der Waals surface area contributed by atoms with Crippen LogP contribution in [0.2, 0.25) is 0 Å². The van der Waals surface area contributed by atoms with Crippen molar-refractivity contribution in [1.82, 2.24) is 9.88 Å². The van der Waals surface area contributed by atoms with Gasteiger partial charge < -0.3 is 19.7 Å². The van der Waals surface area contributed by atoms with Crippen molar-refractivity contribution >= 4 is 27.5 Å². The summed E-state index contributed by atoms with van der Waals surface area (Å²) in [5, 5.41) is 11.3. The number of amides is 1. The normalized spacial score (nSPS) is 15.5. The number of carbonyl (C=O) groups excluding carboxylic acids is 1. The molecule has 1 saturated heterocycles. The van der Waals surface area contributed by atoms with E-state index < -0.39 is 23.0 Å². The van der Waals surface area contributed by atoms with E-state index in [1.54, 1.807) is 12.1 Å². The van der Waals surface area contributed by atoms with E-state index in [2.05, 4.69) is 9.88 Å². The number of para-hydroxylation sites is 1. The Morgan fingerprint density at radius 2 is 1.94 bits per heavy atom. The third-order valence-electron chi connectivity index (χ3n) is 6.02. The van der Waals surface area contributed by atoms with E-state index in [0.29, 0.717) is 28.8 Å². The second kappa shape index (κ2) is 9.44. The van der Waals surface area contributed by atoms with Crippen molar-refractivity contribution < 1.29 is 18.7 Å². The lowest BCUT2D eigenvalue weighted by Gasteiger charge is -2.26. The maximum absolute atomic E-state index is 12.6. The first-order valence-corrected chi connectivity index (χ1v) is 12.1. The number of thiazole rings is 1. The summed E-state index contributed by atoms with van der Waals surface area (Å²) in [5.41, 5.74) is 5.82. The summed E-state index contributed by atoms with van der Waals surface area (Å²) in [5.74, 6) is -0.665. The van der Waals surface area contributed by atoms with Gasteiger partial charge in [-0.1, -0.05) is 18.6 Å². The number of hydrogen-bond donors (Lipinski definition) is 2. The number of fused-ring (bicyclic) bond motifs is 1. The van der Waals surface area contributed by atoms with Crippen LogP contribution in [-0.4, -0.2) is 34.0 Å². The zero-order valence-corrected chi connectivity index (χ0v) is 19.3. The number of aromatic hydroxyl groups is 1. The molecule has 4 aromatic rings. The number of nitrogens with two attached hydrogens (primary N) is 1. The lowest BCUT2D eigenvalue weighted by Crippen LogP contribution is -2.29. The average Bonchev–Trinajstić information content (AvgIpc) is 3.47. The molecule has 0 aliphatic carbocycles. The molecule has 176 valence electrons. The van der Waals surface area contributed by atoms with Crippen molar-refractivity contribution in [3.8, 4) is 16.5 Å². The van der Waals surface area contributed by atoms with Crippen molar-refractivity contribution in [2.24, 2.45) is 5.73 Å². The van der Waals surface area contributed by atoms with Gasteiger partial charge in [-0.15, -0.1) is 11.3 Å². The summed E-state index contributed by atoms with van der Waals surface area (Å²) >= 11 is 1.49. The summed E-state index contributed by atoms with van der Waals surface area (Å²) in [6.07, 6.45) is 3.20. The van der Waals surface area contributed by atoms with E-state index in [1.165, 1.54) is 23.8 Å². The molecule has 1 aliphatic heterocycles. The average molecular weight is 480 g/mol. The minimum absolute atomic E-state index is 0.0106. The van der Waals surface area contributed by atoms with Crippen LogP contribution in [0.5, 0.6) is 5.75 Å². The first kappa shape index (κ1) is 22.4. The predicted molar refractivity (Wildman–Crippen MR) is 129 cm³/mol. The lowest BCUT2D eigenvalue weighted by molar-refractivity contribution is -0.118. The summed E-state index contributed by atoms with van der Waals surface area (Å²) in [4.78, 5) is 31.3. The largest absolute Gasteiger partial charge is 0.502 e. The number of carbonyl (C=O) groups is 1. The predicted octanol–water partition coefficient (Wildman–Crippen LogP) is 4.21. The molecular weight excluding hydrogens is 454 g/mol. The molecule has 8 nitrogen and oxygen atoms in total. The molecular formula is C25H25N3O5S. The molecule has 3 N–H and O–H groups in total. The van der Waals surface area contributed by atoms with Gasteiger partial charge in [0, 0.05) is 12.5 Å².